The molecular formula is C17H23N3O2. The SMILES string of the molecule is CCCCn1ncc(C(=O)NCc2ccccc2CO)c1C. The lowest BCUT2D eigenvalue weighted by Crippen LogP contribution is -2.24. The smallest absolute Gasteiger partial charge is 0.255 e. The van der Waals surface area contributed by atoms with Crippen LogP contribution in [0.3, 0.4) is 0 Å². The highest BCUT2D eigenvalue weighted by atomic mass is 16.3. The van der Waals surface area contributed by atoms with Gasteiger partial charge in [-0.25, -0.2) is 0 Å². The van der Waals surface area contributed by atoms with Gasteiger partial charge in [0, 0.05) is 18.8 Å². The number of rotatable bonds is 7. The number of hydrogen-bond donors (Lipinski definition) is 2. The number of hydrogen-bond acceptors (Lipinski definition) is 3. The summed E-state index contributed by atoms with van der Waals surface area (Å²) in [5, 5.41) is 16.5. The van der Waals surface area contributed by atoms with E-state index in [1.807, 2.05) is 35.9 Å². The number of carbonyl (C=O) groups is 1. The second-order valence-corrected chi connectivity index (χ2v) is 5.33. The normalized spacial score (nSPS) is 10.7. The van der Waals surface area contributed by atoms with E-state index in [0.717, 1.165) is 36.2 Å². The zero-order valence-electron chi connectivity index (χ0n) is 13.2. The summed E-state index contributed by atoms with van der Waals surface area (Å²) in [6.45, 7) is 5.25. The fraction of sp³-hybridized carbons (Fsp3) is 0.412. The van der Waals surface area contributed by atoms with Crippen LogP contribution in [0.25, 0.3) is 0 Å². The zero-order chi connectivity index (χ0) is 15.9. The lowest BCUT2D eigenvalue weighted by atomic mass is 10.1. The monoisotopic (exact) mass is 301 g/mol. The van der Waals surface area contributed by atoms with Crippen LogP contribution in [0, 0.1) is 6.92 Å². The summed E-state index contributed by atoms with van der Waals surface area (Å²) < 4.78 is 1.88. The van der Waals surface area contributed by atoms with Gasteiger partial charge in [-0.3, -0.25) is 9.48 Å². The molecule has 22 heavy (non-hydrogen) atoms. The average Bonchev–Trinajstić information content (AvgIpc) is 2.91. The van der Waals surface area contributed by atoms with Gasteiger partial charge in [-0.2, -0.15) is 5.10 Å². The minimum atomic E-state index is -0.131. The van der Waals surface area contributed by atoms with Gasteiger partial charge < -0.3 is 10.4 Å². The summed E-state index contributed by atoms with van der Waals surface area (Å²) in [5.41, 5.74) is 3.26. The van der Waals surface area contributed by atoms with Crippen LogP contribution in [0.4, 0.5) is 0 Å². The van der Waals surface area contributed by atoms with E-state index in [0.29, 0.717) is 12.1 Å². The molecule has 0 aliphatic rings. The molecule has 0 saturated heterocycles. The van der Waals surface area contributed by atoms with E-state index < -0.39 is 0 Å². The standard InChI is InChI=1S/C17H23N3O2/c1-3-4-9-20-13(2)16(11-19-20)17(22)18-10-14-7-5-6-8-15(14)12-21/h5-8,11,21H,3-4,9-10,12H2,1-2H3,(H,18,22). The van der Waals surface area contributed by atoms with Gasteiger partial charge >= 0.3 is 0 Å². The first-order valence-corrected chi connectivity index (χ1v) is 7.65. The number of benzene rings is 1. The molecule has 5 heteroatoms. The van der Waals surface area contributed by atoms with Gasteiger partial charge in [-0.05, 0) is 24.5 Å². The Kier molecular flexibility index (Phi) is 5.72. The number of aromatic nitrogens is 2. The molecule has 0 radical (unpaired) electrons. The van der Waals surface area contributed by atoms with E-state index in [2.05, 4.69) is 17.3 Å². The first-order chi connectivity index (χ1) is 10.7. The maximum atomic E-state index is 12.3. The summed E-state index contributed by atoms with van der Waals surface area (Å²) in [4.78, 5) is 12.3. The van der Waals surface area contributed by atoms with Gasteiger partial charge in [0.05, 0.1) is 18.4 Å². The van der Waals surface area contributed by atoms with Crippen LogP contribution < -0.4 is 5.32 Å². The average molecular weight is 301 g/mol. The van der Waals surface area contributed by atoms with Crippen LogP contribution in [-0.4, -0.2) is 20.8 Å². The highest BCUT2D eigenvalue weighted by Gasteiger charge is 2.14. The Labute approximate surface area is 131 Å². The van der Waals surface area contributed by atoms with E-state index in [1.54, 1.807) is 6.20 Å². The van der Waals surface area contributed by atoms with Gasteiger partial charge in [0.1, 0.15) is 0 Å². The molecule has 2 N–H and O–H groups in total. The van der Waals surface area contributed by atoms with E-state index in [1.165, 1.54) is 0 Å². The van der Waals surface area contributed by atoms with Gasteiger partial charge in [-0.15, -0.1) is 0 Å². The van der Waals surface area contributed by atoms with Crippen LogP contribution in [0.15, 0.2) is 30.5 Å². The first kappa shape index (κ1) is 16.2. The Bertz CT molecular complexity index is 635. The second kappa shape index (κ2) is 7.75. The molecule has 0 atom stereocenters. The molecule has 118 valence electrons. The fourth-order valence-electron chi connectivity index (χ4n) is 2.36. The Hall–Kier alpha value is -2.14. The lowest BCUT2D eigenvalue weighted by molar-refractivity contribution is 0.0950. The number of carbonyl (C=O) groups excluding carboxylic acids is 1. The quantitative estimate of drug-likeness (QED) is 0.825. The van der Waals surface area contributed by atoms with Crippen molar-refractivity contribution in [2.24, 2.45) is 0 Å². The molecule has 0 unspecified atom stereocenters. The molecule has 1 amide bonds. The molecule has 0 aliphatic carbocycles. The zero-order valence-corrected chi connectivity index (χ0v) is 13.2. The van der Waals surface area contributed by atoms with Crippen molar-refractivity contribution in [1.82, 2.24) is 15.1 Å². The molecule has 2 rings (SSSR count). The molecule has 0 aliphatic heterocycles. The molecular weight excluding hydrogens is 278 g/mol. The third-order valence-corrected chi connectivity index (χ3v) is 3.80. The van der Waals surface area contributed by atoms with Crippen LogP contribution in [0.5, 0.6) is 0 Å². The maximum absolute atomic E-state index is 12.3. The Morgan fingerprint density at radius 1 is 1.32 bits per heavy atom. The van der Waals surface area contributed by atoms with Gasteiger partial charge in [0.2, 0.25) is 0 Å². The van der Waals surface area contributed by atoms with E-state index in [9.17, 15) is 9.90 Å². The van der Waals surface area contributed by atoms with Gasteiger partial charge in [0.25, 0.3) is 5.91 Å². The minimum absolute atomic E-state index is 0.0278. The largest absolute Gasteiger partial charge is 0.392 e. The predicted molar refractivity (Wildman–Crippen MR) is 85.4 cm³/mol. The van der Waals surface area contributed by atoms with Crippen LogP contribution in [0.2, 0.25) is 0 Å². The van der Waals surface area contributed by atoms with Crippen molar-refractivity contribution < 1.29 is 9.90 Å². The van der Waals surface area contributed by atoms with Crippen molar-refractivity contribution in [2.75, 3.05) is 0 Å². The first-order valence-electron chi connectivity index (χ1n) is 7.65. The minimum Gasteiger partial charge on any atom is -0.392 e. The number of nitrogens with one attached hydrogen (secondary N) is 1. The molecule has 1 aromatic carbocycles. The lowest BCUT2D eigenvalue weighted by Gasteiger charge is -2.09. The van der Waals surface area contributed by atoms with Crippen molar-refractivity contribution in [1.29, 1.82) is 0 Å². The van der Waals surface area contributed by atoms with Crippen molar-refractivity contribution >= 4 is 5.91 Å². The van der Waals surface area contributed by atoms with E-state index in [-0.39, 0.29) is 12.5 Å². The molecule has 1 aromatic heterocycles. The number of aliphatic hydroxyl groups excluding tert-OH is 1. The number of amides is 1. The maximum Gasteiger partial charge on any atom is 0.255 e. The number of aliphatic hydroxyl groups is 1. The van der Waals surface area contributed by atoms with Gasteiger partial charge in [-0.1, -0.05) is 37.6 Å². The molecule has 5 nitrogen and oxygen atoms in total. The third kappa shape index (κ3) is 3.74. The van der Waals surface area contributed by atoms with Crippen molar-refractivity contribution in [3.05, 3.63) is 52.8 Å². The highest BCUT2D eigenvalue weighted by Crippen LogP contribution is 2.11. The molecule has 1 heterocycles. The highest BCUT2D eigenvalue weighted by molar-refractivity contribution is 5.95. The second-order valence-electron chi connectivity index (χ2n) is 5.33. The number of nitrogens with zero attached hydrogens (tertiary/aromatic N) is 2. The Balaban J connectivity index is 2.02. The van der Waals surface area contributed by atoms with Crippen LogP contribution >= 0.6 is 0 Å². The summed E-state index contributed by atoms with van der Waals surface area (Å²) in [7, 11) is 0. The number of unbranched alkanes of at least 4 members (excludes halogenated alkanes) is 1. The van der Waals surface area contributed by atoms with Crippen molar-refractivity contribution in [3.8, 4) is 0 Å². The summed E-state index contributed by atoms with van der Waals surface area (Å²) >= 11 is 0. The molecule has 2 aromatic rings. The molecule has 0 bridgehead atoms. The predicted octanol–water partition coefficient (Wildman–Crippen LogP) is 2.41. The molecule has 0 fully saturated rings. The van der Waals surface area contributed by atoms with Crippen LogP contribution in [0.1, 0.15) is 46.9 Å². The molecule has 0 saturated carbocycles. The molecule has 0 spiro atoms. The number of aryl methyl sites for hydroxylation is 1. The third-order valence-electron chi connectivity index (χ3n) is 3.80. The topological polar surface area (TPSA) is 67.2 Å². The summed E-state index contributed by atoms with van der Waals surface area (Å²) in [5.74, 6) is -0.131. The summed E-state index contributed by atoms with van der Waals surface area (Å²) in [6, 6.07) is 7.53. The van der Waals surface area contributed by atoms with E-state index in [4.69, 9.17) is 0 Å². The Morgan fingerprint density at radius 2 is 2.05 bits per heavy atom. The summed E-state index contributed by atoms with van der Waals surface area (Å²) in [6.07, 6.45) is 3.77. The van der Waals surface area contributed by atoms with Gasteiger partial charge in [0.15, 0.2) is 0 Å². The fourth-order valence-corrected chi connectivity index (χ4v) is 2.36. The van der Waals surface area contributed by atoms with Crippen LogP contribution in [-0.2, 0) is 19.7 Å². The van der Waals surface area contributed by atoms with E-state index >= 15 is 0 Å². The van der Waals surface area contributed by atoms with Crippen molar-refractivity contribution in [2.45, 2.75) is 46.4 Å². The Morgan fingerprint density at radius 3 is 2.73 bits per heavy atom. The van der Waals surface area contributed by atoms with Crippen molar-refractivity contribution in [3.63, 3.8) is 0 Å².